The van der Waals surface area contributed by atoms with Gasteiger partial charge in [0.05, 0.1) is 5.39 Å². The summed E-state index contributed by atoms with van der Waals surface area (Å²) in [6.45, 7) is 0.613. The second-order valence-corrected chi connectivity index (χ2v) is 7.68. The molecule has 0 unspecified atom stereocenters. The van der Waals surface area contributed by atoms with E-state index in [4.69, 9.17) is 11.6 Å². The number of thiophene rings is 1. The largest absolute Gasteiger partial charge is 0.365 e. The maximum absolute atomic E-state index is 6.25. The molecule has 0 fully saturated rings. The maximum atomic E-state index is 6.25. The molecule has 0 aliphatic heterocycles. The topological polar surface area (TPSA) is 37.8 Å². The zero-order valence-electron chi connectivity index (χ0n) is 13.0. The highest BCUT2D eigenvalue weighted by atomic mass is 79.9. The molecule has 0 aliphatic carbocycles. The second kappa shape index (κ2) is 7.12. The fraction of sp³-hybridized carbons (Fsp3) is 0.0526. The van der Waals surface area contributed by atoms with Crippen LogP contribution in [-0.2, 0) is 6.54 Å². The van der Waals surface area contributed by atoms with Crippen molar-refractivity contribution >= 4 is 54.9 Å². The maximum Gasteiger partial charge on any atom is 0.139 e. The van der Waals surface area contributed by atoms with Gasteiger partial charge in [-0.3, -0.25) is 0 Å². The molecular formula is C19H13BrClN3S. The number of benzene rings is 2. The Morgan fingerprint density at radius 2 is 1.84 bits per heavy atom. The van der Waals surface area contributed by atoms with Crippen LogP contribution in [-0.4, -0.2) is 9.97 Å². The second-order valence-electron chi connectivity index (χ2n) is 5.50. The van der Waals surface area contributed by atoms with E-state index in [1.54, 1.807) is 17.7 Å². The predicted molar refractivity (Wildman–Crippen MR) is 109 cm³/mol. The van der Waals surface area contributed by atoms with Crippen LogP contribution in [0.3, 0.4) is 0 Å². The lowest BCUT2D eigenvalue weighted by Crippen LogP contribution is -2.02. The smallest absolute Gasteiger partial charge is 0.139 e. The zero-order valence-corrected chi connectivity index (χ0v) is 16.2. The summed E-state index contributed by atoms with van der Waals surface area (Å²) in [5, 5.41) is 7.33. The Kier molecular flexibility index (Phi) is 4.70. The number of hydrogen-bond donors (Lipinski definition) is 1. The number of hydrogen-bond acceptors (Lipinski definition) is 4. The molecule has 0 saturated carbocycles. The fourth-order valence-electron chi connectivity index (χ4n) is 2.67. The minimum absolute atomic E-state index is 0.613. The van der Waals surface area contributed by atoms with Gasteiger partial charge in [0, 0.05) is 27.0 Å². The van der Waals surface area contributed by atoms with Gasteiger partial charge in [0.25, 0.3) is 0 Å². The molecule has 4 rings (SSSR count). The van der Waals surface area contributed by atoms with E-state index >= 15 is 0 Å². The lowest BCUT2D eigenvalue weighted by Gasteiger charge is -2.09. The molecule has 124 valence electrons. The Bertz CT molecular complexity index is 1030. The van der Waals surface area contributed by atoms with Crippen molar-refractivity contribution in [1.29, 1.82) is 0 Å². The van der Waals surface area contributed by atoms with Crippen molar-refractivity contribution in [2.24, 2.45) is 0 Å². The molecule has 2 aromatic carbocycles. The first-order valence-corrected chi connectivity index (χ1v) is 9.73. The summed E-state index contributed by atoms with van der Waals surface area (Å²) in [7, 11) is 0. The van der Waals surface area contributed by atoms with E-state index in [2.05, 4.69) is 48.7 Å². The zero-order chi connectivity index (χ0) is 17.2. The summed E-state index contributed by atoms with van der Waals surface area (Å²) in [6.07, 6.45) is 1.60. The third-order valence-corrected chi connectivity index (χ3v) is 5.71. The predicted octanol–water partition coefficient (Wildman–Crippen LogP) is 6.39. The van der Waals surface area contributed by atoms with E-state index in [1.807, 2.05) is 36.4 Å². The van der Waals surface area contributed by atoms with E-state index < -0.39 is 0 Å². The molecule has 1 N–H and O–H groups in total. The molecule has 6 heteroatoms. The Morgan fingerprint density at radius 3 is 2.64 bits per heavy atom. The van der Waals surface area contributed by atoms with Gasteiger partial charge in [0.2, 0.25) is 0 Å². The van der Waals surface area contributed by atoms with Gasteiger partial charge >= 0.3 is 0 Å². The van der Waals surface area contributed by atoms with Crippen LogP contribution in [0.15, 0.2) is 64.7 Å². The van der Waals surface area contributed by atoms with E-state index in [9.17, 15) is 0 Å². The molecular weight excluding hydrogens is 418 g/mol. The van der Waals surface area contributed by atoms with Crippen molar-refractivity contribution in [1.82, 2.24) is 9.97 Å². The number of aromatic nitrogens is 2. The first kappa shape index (κ1) is 16.5. The Balaban J connectivity index is 1.73. The van der Waals surface area contributed by atoms with Gasteiger partial charge in [-0.1, -0.05) is 57.9 Å². The van der Waals surface area contributed by atoms with Crippen LogP contribution in [0.2, 0.25) is 5.02 Å². The summed E-state index contributed by atoms with van der Waals surface area (Å²) < 4.78 is 1.06. The van der Waals surface area contributed by atoms with Crippen LogP contribution in [0.4, 0.5) is 5.82 Å². The molecule has 25 heavy (non-hydrogen) atoms. The molecule has 0 amide bonds. The minimum atomic E-state index is 0.613. The van der Waals surface area contributed by atoms with E-state index in [1.165, 1.54) is 0 Å². The summed E-state index contributed by atoms with van der Waals surface area (Å²) in [5.41, 5.74) is 3.32. The van der Waals surface area contributed by atoms with Crippen molar-refractivity contribution in [3.8, 4) is 11.1 Å². The number of nitrogens with zero attached hydrogens (tertiary/aromatic N) is 2. The van der Waals surface area contributed by atoms with Crippen LogP contribution in [0, 0.1) is 0 Å². The Labute approximate surface area is 162 Å². The summed E-state index contributed by atoms with van der Waals surface area (Å²) in [5.74, 6) is 0.823. The lowest BCUT2D eigenvalue weighted by atomic mass is 10.1. The van der Waals surface area contributed by atoms with Gasteiger partial charge in [-0.15, -0.1) is 11.3 Å². The van der Waals surface area contributed by atoms with Gasteiger partial charge in [0.1, 0.15) is 17.0 Å². The number of fused-ring (bicyclic) bond motifs is 1. The number of anilines is 1. The number of halogens is 2. The van der Waals surface area contributed by atoms with E-state index in [-0.39, 0.29) is 0 Å². The minimum Gasteiger partial charge on any atom is -0.365 e. The molecule has 4 aromatic rings. The molecule has 0 bridgehead atoms. The quantitative estimate of drug-likeness (QED) is 0.408. The number of rotatable bonds is 4. The monoisotopic (exact) mass is 429 g/mol. The standard InChI is InChI=1S/C19H13BrClN3S/c20-14-7-5-12(6-8-14)15-10-25-19-17(15)18(23-11-24-19)22-9-13-3-1-2-4-16(13)21/h1-8,10-11H,9H2,(H,22,23,24). The van der Waals surface area contributed by atoms with Gasteiger partial charge in [0.15, 0.2) is 0 Å². The highest BCUT2D eigenvalue weighted by Gasteiger charge is 2.13. The highest BCUT2D eigenvalue weighted by molar-refractivity contribution is 9.10. The molecule has 0 atom stereocenters. The third kappa shape index (κ3) is 3.40. The van der Waals surface area contributed by atoms with Gasteiger partial charge < -0.3 is 5.32 Å². The molecule has 0 spiro atoms. The van der Waals surface area contributed by atoms with Crippen molar-refractivity contribution in [3.63, 3.8) is 0 Å². The normalized spacial score (nSPS) is 11.0. The van der Waals surface area contributed by atoms with Gasteiger partial charge in [-0.2, -0.15) is 0 Å². The molecule has 2 heterocycles. The summed E-state index contributed by atoms with van der Waals surface area (Å²) >= 11 is 11.4. The summed E-state index contributed by atoms with van der Waals surface area (Å²) in [6, 6.07) is 16.1. The third-order valence-electron chi connectivity index (χ3n) is 3.93. The summed E-state index contributed by atoms with van der Waals surface area (Å²) in [4.78, 5) is 9.84. The van der Waals surface area contributed by atoms with Gasteiger partial charge in [-0.25, -0.2) is 9.97 Å². The first-order valence-electron chi connectivity index (χ1n) is 7.68. The fourth-order valence-corrected chi connectivity index (χ4v) is 4.05. The SMILES string of the molecule is Clc1ccccc1CNc1ncnc2scc(-c3ccc(Br)cc3)c12. The van der Waals surface area contributed by atoms with Crippen LogP contribution in [0.1, 0.15) is 5.56 Å². The lowest BCUT2D eigenvalue weighted by molar-refractivity contribution is 1.11. The highest BCUT2D eigenvalue weighted by Crippen LogP contribution is 2.37. The molecule has 0 radical (unpaired) electrons. The van der Waals surface area contributed by atoms with Crippen LogP contribution in [0.5, 0.6) is 0 Å². The Morgan fingerprint density at radius 1 is 1.04 bits per heavy atom. The average molecular weight is 431 g/mol. The average Bonchev–Trinajstić information content (AvgIpc) is 3.06. The van der Waals surface area contributed by atoms with Crippen LogP contribution < -0.4 is 5.32 Å². The van der Waals surface area contributed by atoms with Crippen molar-refractivity contribution in [3.05, 3.63) is 75.3 Å². The number of nitrogens with one attached hydrogen (secondary N) is 1. The molecule has 3 nitrogen and oxygen atoms in total. The molecule has 0 saturated heterocycles. The van der Waals surface area contributed by atoms with Gasteiger partial charge in [-0.05, 0) is 29.3 Å². The Hall–Kier alpha value is -1.95. The molecule has 2 aromatic heterocycles. The van der Waals surface area contributed by atoms with Crippen molar-refractivity contribution in [2.75, 3.05) is 5.32 Å². The van der Waals surface area contributed by atoms with Crippen molar-refractivity contribution in [2.45, 2.75) is 6.54 Å². The first-order chi connectivity index (χ1) is 12.2. The van der Waals surface area contributed by atoms with E-state index in [0.29, 0.717) is 6.54 Å². The molecule has 0 aliphatic rings. The van der Waals surface area contributed by atoms with Crippen LogP contribution in [0.25, 0.3) is 21.3 Å². The van der Waals surface area contributed by atoms with Crippen molar-refractivity contribution < 1.29 is 0 Å². The van der Waals surface area contributed by atoms with Crippen LogP contribution >= 0.6 is 38.9 Å². The van der Waals surface area contributed by atoms with E-state index in [0.717, 1.165) is 42.2 Å².